The number of benzene rings is 1. The molecule has 1 aliphatic rings. The van der Waals surface area contributed by atoms with E-state index in [9.17, 15) is 9.59 Å². The second kappa shape index (κ2) is 8.47. The van der Waals surface area contributed by atoms with Gasteiger partial charge in [0.25, 0.3) is 0 Å². The van der Waals surface area contributed by atoms with Crippen molar-refractivity contribution < 1.29 is 9.59 Å². The highest BCUT2D eigenvalue weighted by Crippen LogP contribution is 2.13. The van der Waals surface area contributed by atoms with Crippen LogP contribution in [0.5, 0.6) is 0 Å². The summed E-state index contributed by atoms with van der Waals surface area (Å²) in [7, 11) is 0. The molecule has 0 radical (unpaired) electrons. The number of nitrogens with zero attached hydrogens (tertiary/aromatic N) is 4. The molecule has 136 valence electrons. The number of carbonyl (C=O) groups is 2. The third-order valence-corrected chi connectivity index (χ3v) is 4.61. The summed E-state index contributed by atoms with van der Waals surface area (Å²) < 4.78 is 0. The van der Waals surface area contributed by atoms with Crippen LogP contribution in [0.15, 0.2) is 54.7 Å². The lowest BCUT2D eigenvalue weighted by Crippen LogP contribution is -2.53. The Morgan fingerprint density at radius 2 is 1.69 bits per heavy atom. The van der Waals surface area contributed by atoms with Crippen molar-refractivity contribution in [3.8, 4) is 0 Å². The van der Waals surface area contributed by atoms with Gasteiger partial charge < -0.3 is 14.7 Å². The fourth-order valence-corrected chi connectivity index (χ4v) is 3.08. The molecule has 6 heteroatoms. The Kier molecular flexibility index (Phi) is 5.84. The molecule has 6 nitrogen and oxygen atoms in total. The minimum Gasteiger partial charge on any atom is -0.353 e. The summed E-state index contributed by atoms with van der Waals surface area (Å²) in [5.74, 6) is 0.0660. The van der Waals surface area contributed by atoms with Gasteiger partial charge in [-0.1, -0.05) is 36.4 Å². The number of carbonyl (C=O) groups excluding carboxylic acids is 2. The fraction of sp³-hybridized carbons (Fsp3) is 0.350. The van der Waals surface area contributed by atoms with Gasteiger partial charge in [0.15, 0.2) is 0 Å². The van der Waals surface area contributed by atoms with E-state index in [0.29, 0.717) is 39.3 Å². The van der Waals surface area contributed by atoms with Crippen molar-refractivity contribution in [1.82, 2.24) is 14.8 Å². The number of piperazine rings is 1. The van der Waals surface area contributed by atoms with Crippen LogP contribution in [0, 0.1) is 0 Å². The van der Waals surface area contributed by atoms with Crippen LogP contribution in [0.2, 0.25) is 0 Å². The second-order valence-electron chi connectivity index (χ2n) is 6.27. The lowest BCUT2D eigenvalue weighted by Gasteiger charge is -2.35. The fourth-order valence-electron chi connectivity index (χ4n) is 3.08. The lowest BCUT2D eigenvalue weighted by molar-refractivity contribution is -0.152. The number of hydrogen-bond acceptors (Lipinski definition) is 4. The molecule has 0 spiro atoms. The topological polar surface area (TPSA) is 56.8 Å². The van der Waals surface area contributed by atoms with Crippen LogP contribution in [-0.2, 0) is 16.1 Å². The molecule has 26 heavy (non-hydrogen) atoms. The van der Waals surface area contributed by atoms with Crippen LogP contribution in [-0.4, -0.2) is 59.3 Å². The third kappa shape index (κ3) is 4.20. The number of rotatable bonds is 4. The predicted octanol–water partition coefficient (Wildman–Crippen LogP) is 1.78. The Morgan fingerprint density at radius 3 is 2.31 bits per heavy atom. The number of hydrogen-bond donors (Lipinski definition) is 0. The first-order valence-corrected chi connectivity index (χ1v) is 8.97. The highest BCUT2D eigenvalue weighted by atomic mass is 16.2. The number of anilines is 1. The molecule has 1 aromatic carbocycles. The van der Waals surface area contributed by atoms with Crippen LogP contribution in [0.25, 0.3) is 0 Å². The molecular weight excluding hydrogens is 328 g/mol. The Balaban J connectivity index is 1.57. The number of likely N-dealkylation sites (N-methyl/N-ethyl adjacent to an activating group) is 1. The predicted molar refractivity (Wildman–Crippen MR) is 101 cm³/mol. The minimum absolute atomic E-state index is 0.413. The standard InChI is InChI=1S/C20H24N4O2/c1-2-22(16-17-8-4-3-5-9-17)19(25)20(26)24-14-12-23(13-15-24)18-10-6-7-11-21-18/h3-11H,2,12-16H2,1H3. The molecular formula is C20H24N4O2. The normalized spacial score (nSPS) is 14.2. The molecule has 2 heterocycles. The van der Waals surface area contributed by atoms with Crippen molar-refractivity contribution in [1.29, 1.82) is 0 Å². The van der Waals surface area contributed by atoms with Crippen molar-refractivity contribution in [2.45, 2.75) is 13.5 Å². The molecule has 0 bridgehead atoms. The van der Waals surface area contributed by atoms with Crippen LogP contribution in [0.1, 0.15) is 12.5 Å². The summed E-state index contributed by atoms with van der Waals surface area (Å²) in [4.78, 5) is 35.0. The maximum absolute atomic E-state index is 12.6. The number of aromatic nitrogens is 1. The Hall–Kier alpha value is -2.89. The number of pyridine rings is 1. The van der Waals surface area contributed by atoms with Gasteiger partial charge in [-0.25, -0.2) is 4.98 Å². The first-order chi connectivity index (χ1) is 12.7. The van der Waals surface area contributed by atoms with E-state index in [4.69, 9.17) is 0 Å². The van der Waals surface area contributed by atoms with E-state index < -0.39 is 11.8 Å². The average Bonchev–Trinajstić information content (AvgIpc) is 2.72. The quantitative estimate of drug-likeness (QED) is 0.787. The molecule has 1 saturated heterocycles. The highest BCUT2D eigenvalue weighted by molar-refractivity contribution is 6.34. The first kappa shape index (κ1) is 17.9. The molecule has 0 N–H and O–H groups in total. The van der Waals surface area contributed by atoms with Gasteiger partial charge in [-0.3, -0.25) is 9.59 Å². The molecule has 1 fully saturated rings. The van der Waals surface area contributed by atoms with E-state index in [0.717, 1.165) is 11.4 Å². The molecule has 0 atom stereocenters. The van der Waals surface area contributed by atoms with E-state index in [1.54, 1.807) is 16.0 Å². The van der Waals surface area contributed by atoms with Crippen LogP contribution < -0.4 is 4.90 Å². The zero-order chi connectivity index (χ0) is 18.4. The van der Waals surface area contributed by atoms with E-state index in [1.165, 1.54) is 0 Å². The second-order valence-corrected chi connectivity index (χ2v) is 6.27. The third-order valence-electron chi connectivity index (χ3n) is 4.61. The lowest BCUT2D eigenvalue weighted by atomic mass is 10.2. The summed E-state index contributed by atoms with van der Waals surface area (Å²) in [6, 6.07) is 15.5. The summed E-state index contributed by atoms with van der Waals surface area (Å²) in [5.41, 5.74) is 1.02. The van der Waals surface area contributed by atoms with Crippen molar-refractivity contribution in [3.05, 3.63) is 60.3 Å². The average molecular weight is 352 g/mol. The van der Waals surface area contributed by atoms with Crippen molar-refractivity contribution in [2.24, 2.45) is 0 Å². The summed E-state index contributed by atoms with van der Waals surface area (Å²) in [6.45, 7) is 5.28. The molecule has 2 amide bonds. The molecule has 0 unspecified atom stereocenters. The van der Waals surface area contributed by atoms with Crippen LogP contribution in [0.3, 0.4) is 0 Å². The Labute approximate surface area is 154 Å². The van der Waals surface area contributed by atoms with Crippen molar-refractivity contribution in [3.63, 3.8) is 0 Å². The largest absolute Gasteiger partial charge is 0.353 e. The van der Waals surface area contributed by atoms with Gasteiger partial charge in [-0.05, 0) is 24.6 Å². The molecule has 3 rings (SSSR count). The molecule has 1 aliphatic heterocycles. The van der Waals surface area contributed by atoms with Gasteiger partial charge in [-0.15, -0.1) is 0 Å². The van der Waals surface area contributed by atoms with Crippen molar-refractivity contribution in [2.75, 3.05) is 37.6 Å². The monoisotopic (exact) mass is 352 g/mol. The van der Waals surface area contributed by atoms with E-state index in [2.05, 4.69) is 9.88 Å². The van der Waals surface area contributed by atoms with E-state index >= 15 is 0 Å². The van der Waals surface area contributed by atoms with Crippen molar-refractivity contribution >= 4 is 17.6 Å². The maximum Gasteiger partial charge on any atom is 0.312 e. The zero-order valence-electron chi connectivity index (χ0n) is 15.0. The summed E-state index contributed by atoms with van der Waals surface area (Å²) >= 11 is 0. The minimum atomic E-state index is -0.428. The van der Waals surface area contributed by atoms with Gasteiger partial charge in [0, 0.05) is 45.5 Å². The van der Waals surface area contributed by atoms with Gasteiger partial charge in [-0.2, -0.15) is 0 Å². The zero-order valence-corrected chi connectivity index (χ0v) is 15.0. The van der Waals surface area contributed by atoms with Gasteiger partial charge in [0.1, 0.15) is 5.82 Å². The summed E-state index contributed by atoms with van der Waals surface area (Å²) in [6.07, 6.45) is 1.76. The van der Waals surface area contributed by atoms with E-state index in [-0.39, 0.29) is 0 Å². The molecule has 1 aromatic heterocycles. The smallest absolute Gasteiger partial charge is 0.312 e. The number of amides is 2. The van der Waals surface area contributed by atoms with Crippen LogP contribution >= 0.6 is 0 Å². The van der Waals surface area contributed by atoms with Gasteiger partial charge in [0.2, 0.25) is 0 Å². The Bertz CT molecular complexity index is 728. The first-order valence-electron chi connectivity index (χ1n) is 8.97. The molecule has 0 aliphatic carbocycles. The SMILES string of the molecule is CCN(Cc1ccccc1)C(=O)C(=O)N1CCN(c2ccccn2)CC1. The summed E-state index contributed by atoms with van der Waals surface area (Å²) in [5, 5.41) is 0. The van der Waals surface area contributed by atoms with Gasteiger partial charge in [0.05, 0.1) is 0 Å². The molecule has 0 saturated carbocycles. The molecule has 2 aromatic rings. The highest BCUT2D eigenvalue weighted by Gasteiger charge is 2.29. The Morgan fingerprint density at radius 1 is 1.00 bits per heavy atom. The maximum atomic E-state index is 12.6. The van der Waals surface area contributed by atoms with Gasteiger partial charge >= 0.3 is 11.8 Å². The van der Waals surface area contributed by atoms with Crippen LogP contribution in [0.4, 0.5) is 5.82 Å². The van der Waals surface area contributed by atoms with E-state index in [1.807, 2.05) is 55.5 Å².